The van der Waals surface area contributed by atoms with E-state index in [4.69, 9.17) is 52.6 Å². The number of unbranched alkanes of at least 4 members (excludes halogenated alkanes) is 34. The Morgan fingerprint density at radius 2 is 0.595 bits per heavy atom. The van der Waals surface area contributed by atoms with E-state index in [9.17, 15) is 10.5 Å². The highest BCUT2D eigenvalue weighted by Crippen LogP contribution is 2.38. The molecular weight excluding hydrogens is 1460 g/mol. The summed E-state index contributed by atoms with van der Waals surface area (Å²) < 4.78 is 18.1. The summed E-state index contributed by atoms with van der Waals surface area (Å²) in [5.74, 6) is 1.50. The molecule has 8 aromatic carbocycles. The second kappa shape index (κ2) is 46.9. The Bertz CT molecular complexity index is 4800. The van der Waals surface area contributed by atoms with Gasteiger partial charge < -0.3 is 18.4 Å². The molecule has 116 heavy (non-hydrogen) atoms. The first-order chi connectivity index (χ1) is 57.3. The molecule has 0 amide bonds. The van der Waals surface area contributed by atoms with Crippen molar-refractivity contribution in [2.45, 2.75) is 245 Å². The monoisotopic (exact) mass is 1580 g/mol. The van der Waals surface area contributed by atoms with E-state index in [0.717, 1.165) is 81.5 Å². The van der Waals surface area contributed by atoms with Crippen LogP contribution in [0.4, 0.5) is 0 Å². The van der Waals surface area contributed by atoms with Crippen molar-refractivity contribution >= 4 is 103 Å². The maximum Gasteiger partial charge on any atom is 0.328 e. The maximum atomic E-state index is 12.7. The molecule has 0 aliphatic carbocycles. The molecule has 0 atom stereocenters. The average molecular weight is 1580 g/mol. The van der Waals surface area contributed by atoms with Crippen LogP contribution in [0.2, 0.25) is 10.0 Å². The second-order valence-corrected chi connectivity index (χ2v) is 32.7. The third-order valence-electron chi connectivity index (χ3n) is 23.1. The summed E-state index contributed by atoms with van der Waals surface area (Å²) in [5.41, 5.74) is 10.5. The molecule has 4 aromatic heterocycles. The zero-order valence-electron chi connectivity index (χ0n) is 69.0. The van der Waals surface area contributed by atoms with E-state index in [1.54, 1.807) is 36.7 Å². The van der Waals surface area contributed by atoms with Crippen LogP contribution in [-0.2, 0) is 0 Å². The first-order valence-corrected chi connectivity index (χ1v) is 45.0. The second-order valence-electron chi connectivity index (χ2n) is 31.8. The molecule has 0 fully saturated rings. The van der Waals surface area contributed by atoms with Gasteiger partial charge in [0.1, 0.15) is 46.2 Å². The van der Waals surface area contributed by atoms with E-state index in [-0.39, 0.29) is 11.1 Å². The molecule has 12 aromatic rings. The summed E-state index contributed by atoms with van der Waals surface area (Å²) in [6, 6.07) is 75.4. The van der Waals surface area contributed by atoms with Crippen molar-refractivity contribution in [1.82, 2.24) is 28.9 Å². The Hall–Kier alpha value is -9.71. The van der Waals surface area contributed by atoms with Gasteiger partial charge in [0, 0.05) is 32.2 Å². The van der Waals surface area contributed by atoms with Gasteiger partial charge in [-0.05, 0) is 109 Å². The van der Waals surface area contributed by atoms with Crippen LogP contribution in [0, 0.1) is 22.7 Å². The molecular formula is C102H118B2Cl2N8O2. The van der Waals surface area contributed by atoms with Crippen molar-refractivity contribution in [2.24, 2.45) is 0 Å². The lowest BCUT2D eigenvalue weighted by Crippen LogP contribution is -2.54. The molecule has 0 aliphatic heterocycles. The summed E-state index contributed by atoms with van der Waals surface area (Å²) in [5, 5.41) is 28.9. The number of hydrogen-bond donors (Lipinski definition) is 0. The van der Waals surface area contributed by atoms with Crippen molar-refractivity contribution < 1.29 is 9.47 Å². The van der Waals surface area contributed by atoms with Crippen LogP contribution in [0.25, 0.3) is 66.5 Å². The number of rotatable bonds is 50. The molecule has 10 nitrogen and oxygen atoms in total. The Balaban J connectivity index is 0.970. The fourth-order valence-corrected chi connectivity index (χ4v) is 17.3. The van der Waals surface area contributed by atoms with Crippen LogP contribution in [0.1, 0.15) is 256 Å². The smallest absolute Gasteiger partial charge is 0.328 e. The van der Waals surface area contributed by atoms with Gasteiger partial charge in [-0.3, -0.25) is 9.97 Å². The number of halogens is 2. The van der Waals surface area contributed by atoms with Gasteiger partial charge in [0.15, 0.2) is 0 Å². The van der Waals surface area contributed by atoms with Crippen LogP contribution in [-0.4, -0.2) is 55.8 Å². The summed E-state index contributed by atoms with van der Waals surface area (Å²) in [6.45, 7) is 4.55. The van der Waals surface area contributed by atoms with Crippen molar-refractivity contribution in [3.8, 4) is 46.2 Å². The van der Waals surface area contributed by atoms with Gasteiger partial charge in [0.05, 0.1) is 58.4 Å². The van der Waals surface area contributed by atoms with Crippen LogP contribution in [0.5, 0.6) is 11.5 Å². The van der Waals surface area contributed by atoms with Crippen LogP contribution >= 0.6 is 23.2 Å². The molecule has 0 aliphatic rings. The number of fused-ring (bicyclic) bond motifs is 3. The van der Waals surface area contributed by atoms with E-state index in [1.165, 1.54) is 205 Å². The standard InChI is InChI=1S/C102H118B2Cl2N8O2/c1-3-5-7-9-11-13-15-17-19-21-23-25-27-29-31-33-35-49-71-115-87-65-59-79(60-66-87)99-97-98(102(90(76-108)96-78-110-94-74-86(106)64-70-92(94)112-96)113(99)103(81-51-41-37-42-52-81)82-53-43-38-44-54-82)100(80-61-67-88(68-62-80)116-72-50-36-34-32-30-28-26-24-22-20-18-16-14-12-10-8-6-4-2)114(104(83-55-45-39-46-56-83)84-57-47-40-48-58-84)101(97)89(75-107)95-77-109-93-73-85(105)63-69-91(93)111-95/h37-48,51-70,73-74,77-78H,3-36,49-50,71-72H2,1-2H3/b101-89-,102-90-. The molecule has 0 N–H and O–H groups in total. The van der Waals surface area contributed by atoms with E-state index in [1.807, 2.05) is 36.4 Å². The quantitative estimate of drug-likeness (QED) is 0.0272. The first-order valence-electron chi connectivity index (χ1n) is 44.2. The lowest BCUT2D eigenvalue weighted by atomic mass is 9.50. The van der Waals surface area contributed by atoms with Gasteiger partial charge in [-0.1, -0.05) is 399 Å². The summed E-state index contributed by atoms with van der Waals surface area (Å²) >= 11 is 13.4. The highest BCUT2D eigenvalue weighted by Gasteiger charge is 2.38. The van der Waals surface area contributed by atoms with Gasteiger partial charge in [-0.2, -0.15) is 10.5 Å². The van der Waals surface area contributed by atoms with Crippen LogP contribution < -0.4 is 42.0 Å². The fourth-order valence-electron chi connectivity index (χ4n) is 17.0. The molecule has 0 saturated carbocycles. The number of nitrogens with zero attached hydrogens (tertiary/aromatic N) is 8. The minimum Gasteiger partial charge on any atom is -0.494 e. The SMILES string of the molecule is CCCCCCCCCCCCCCCCCCCCOc1ccc(-c2c3/c(=C(\C#N)c4cnc5cc(Cl)ccc5n4)n(B(c4ccccc4)c4ccccc4)c(-c4ccc(OCCCCCCCCCCCCCCCCCCCC)cc4)c3/c(=C(\C#N)c3cnc4cc(Cl)ccc4n3)n2B(c2ccccc2)c2ccccc2)cc1. The van der Waals surface area contributed by atoms with Crippen molar-refractivity contribution in [2.75, 3.05) is 13.2 Å². The van der Waals surface area contributed by atoms with Gasteiger partial charge in [0.2, 0.25) is 0 Å². The number of aromatic nitrogens is 6. The topological polar surface area (TPSA) is 127 Å². The summed E-state index contributed by atoms with van der Waals surface area (Å²) in [6.07, 6.45) is 50.7. The number of nitriles is 2. The number of hydrogen-bond acceptors (Lipinski definition) is 8. The van der Waals surface area contributed by atoms with Gasteiger partial charge in [0.25, 0.3) is 0 Å². The Morgan fingerprint density at radius 3 is 0.862 bits per heavy atom. The molecule has 0 unspecified atom stereocenters. The van der Waals surface area contributed by atoms with Crippen molar-refractivity contribution in [1.29, 1.82) is 10.5 Å². The minimum absolute atomic E-state index is 0.262. The van der Waals surface area contributed by atoms with E-state index in [2.05, 4.69) is 181 Å². The van der Waals surface area contributed by atoms with E-state index in [0.29, 0.717) is 78.2 Å². The third-order valence-corrected chi connectivity index (χ3v) is 23.6. The molecule has 12 rings (SSSR count). The van der Waals surface area contributed by atoms with E-state index < -0.39 is 13.7 Å². The zero-order valence-corrected chi connectivity index (χ0v) is 70.5. The Labute approximate surface area is 702 Å². The third kappa shape index (κ3) is 23.8. The van der Waals surface area contributed by atoms with Gasteiger partial charge in [-0.25, -0.2) is 9.97 Å². The molecule has 598 valence electrons. The Kier molecular flexibility index (Phi) is 34.6. The normalized spacial score (nSPS) is 12.0. The van der Waals surface area contributed by atoms with Crippen LogP contribution in [0.15, 0.2) is 219 Å². The first kappa shape index (κ1) is 85.7. The molecule has 4 heterocycles. The maximum absolute atomic E-state index is 12.7. The highest BCUT2D eigenvalue weighted by molar-refractivity contribution is 6.85. The predicted molar refractivity (Wildman–Crippen MR) is 491 cm³/mol. The summed E-state index contributed by atoms with van der Waals surface area (Å²) in [4.78, 5) is 20.8. The molecule has 14 heteroatoms. The molecule has 0 bridgehead atoms. The lowest BCUT2D eigenvalue weighted by Gasteiger charge is -2.24. The molecule has 0 saturated heterocycles. The predicted octanol–water partition coefficient (Wildman–Crippen LogP) is 24.6. The fraction of sp³-hybridized carbons (Fsp3) is 0.392. The van der Waals surface area contributed by atoms with Gasteiger partial charge in [-0.15, -0.1) is 0 Å². The van der Waals surface area contributed by atoms with Crippen LogP contribution in [0.3, 0.4) is 0 Å². The van der Waals surface area contributed by atoms with E-state index >= 15 is 0 Å². The van der Waals surface area contributed by atoms with Gasteiger partial charge >= 0.3 is 13.7 Å². The summed E-state index contributed by atoms with van der Waals surface area (Å²) in [7, 11) is 0. The highest BCUT2D eigenvalue weighted by atomic mass is 35.5. The lowest BCUT2D eigenvalue weighted by molar-refractivity contribution is 0.304. The Morgan fingerprint density at radius 1 is 0.328 bits per heavy atom. The number of benzene rings is 8. The number of ether oxygens (including phenoxy) is 2. The molecule has 0 radical (unpaired) electrons. The minimum atomic E-state index is -0.607. The van der Waals surface area contributed by atoms with Crippen molar-refractivity contribution in [3.05, 3.63) is 251 Å². The zero-order chi connectivity index (χ0) is 80.1. The molecule has 0 spiro atoms. The largest absolute Gasteiger partial charge is 0.494 e. The van der Waals surface area contributed by atoms with Crippen molar-refractivity contribution in [3.63, 3.8) is 0 Å². The average Bonchev–Trinajstić information content (AvgIpc) is 1.52.